The highest BCUT2D eigenvalue weighted by atomic mass is 32.2. The van der Waals surface area contributed by atoms with Gasteiger partial charge >= 0.3 is 0 Å². The Labute approximate surface area is 103 Å². The van der Waals surface area contributed by atoms with Crippen LogP contribution >= 0.6 is 11.8 Å². The molecule has 0 spiro atoms. The van der Waals surface area contributed by atoms with Crippen molar-refractivity contribution < 1.29 is 0 Å². The maximum Gasteiger partial charge on any atom is 0.180 e. The Bertz CT molecular complexity index is 518. The van der Waals surface area contributed by atoms with Crippen LogP contribution in [0.25, 0.3) is 5.65 Å². The summed E-state index contributed by atoms with van der Waals surface area (Å²) in [5.41, 5.74) is 3.48. The molecule has 0 unspecified atom stereocenters. The third-order valence-electron chi connectivity index (χ3n) is 2.81. The topological polar surface area (TPSA) is 71.5 Å². The summed E-state index contributed by atoms with van der Waals surface area (Å²) in [4.78, 5) is 11.1. The predicted octanol–water partition coefficient (Wildman–Crippen LogP) is 0.568. The van der Waals surface area contributed by atoms with E-state index in [1.165, 1.54) is 0 Å². The summed E-state index contributed by atoms with van der Waals surface area (Å²) in [5, 5.41) is 0. The minimum absolute atomic E-state index is 0.656. The Morgan fingerprint density at radius 3 is 2.94 bits per heavy atom. The van der Waals surface area contributed by atoms with E-state index in [1.807, 2.05) is 28.6 Å². The molecule has 3 rings (SSSR count). The van der Waals surface area contributed by atoms with Gasteiger partial charge in [0, 0.05) is 37.0 Å². The highest BCUT2D eigenvalue weighted by Gasteiger charge is 2.17. The van der Waals surface area contributed by atoms with Gasteiger partial charge in [-0.15, -0.1) is 0 Å². The van der Waals surface area contributed by atoms with Crippen LogP contribution < -0.4 is 16.2 Å². The molecule has 0 bridgehead atoms. The lowest BCUT2D eigenvalue weighted by molar-refractivity contribution is 0.836. The van der Waals surface area contributed by atoms with Gasteiger partial charge in [-0.2, -0.15) is 11.8 Å². The second-order valence-electron chi connectivity index (χ2n) is 3.85. The van der Waals surface area contributed by atoms with Gasteiger partial charge in [-0.1, -0.05) is 0 Å². The molecule has 0 radical (unpaired) electrons. The second kappa shape index (κ2) is 4.42. The molecular formula is C10H14N6S. The number of nitrogen functional groups attached to an aromatic ring is 1. The van der Waals surface area contributed by atoms with Crippen molar-refractivity contribution in [2.24, 2.45) is 5.84 Å². The number of rotatable bonds is 2. The van der Waals surface area contributed by atoms with Crippen molar-refractivity contribution in [2.75, 3.05) is 34.9 Å². The Kier molecular flexibility index (Phi) is 2.77. The number of thioether (sulfide) groups is 1. The van der Waals surface area contributed by atoms with E-state index in [-0.39, 0.29) is 0 Å². The first-order chi connectivity index (χ1) is 8.38. The molecule has 3 N–H and O–H groups in total. The molecule has 6 nitrogen and oxygen atoms in total. The molecular weight excluding hydrogens is 236 g/mol. The fourth-order valence-electron chi connectivity index (χ4n) is 1.97. The van der Waals surface area contributed by atoms with E-state index in [0.717, 1.165) is 36.1 Å². The molecule has 1 fully saturated rings. The minimum Gasteiger partial charge on any atom is -0.352 e. The average Bonchev–Trinajstić information content (AvgIpc) is 2.86. The summed E-state index contributed by atoms with van der Waals surface area (Å²) in [6.45, 7) is 2.02. The molecule has 90 valence electrons. The van der Waals surface area contributed by atoms with Crippen molar-refractivity contribution in [3.05, 3.63) is 18.6 Å². The van der Waals surface area contributed by atoms with Gasteiger partial charge in [0.2, 0.25) is 0 Å². The van der Waals surface area contributed by atoms with Crippen LogP contribution in [0.15, 0.2) is 18.6 Å². The van der Waals surface area contributed by atoms with E-state index in [4.69, 9.17) is 5.84 Å². The number of nitrogens with zero attached hydrogens (tertiary/aromatic N) is 4. The number of nitrogens with one attached hydrogen (secondary N) is 1. The predicted molar refractivity (Wildman–Crippen MR) is 70.3 cm³/mol. The number of imidazole rings is 1. The van der Waals surface area contributed by atoms with Gasteiger partial charge < -0.3 is 14.7 Å². The summed E-state index contributed by atoms with van der Waals surface area (Å²) in [7, 11) is 0. The van der Waals surface area contributed by atoms with Crippen LogP contribution in [0.4, 0.5) is 11.6 Å². The lowest BCUT2D eigenvalue weighted by Gasteiger charge is -2.27. The highest BCUT2D eigenvalue weighted by molar-refractivity contribution is 7.99. The molecule has 2 aromatic heterocycles. The van der Waals surface area contributed by atoms with E-state index in [1.54, 1.807) is 6.20 Å². The summed E-state index contributed by atoms with van der Waals surface area (Å²) in [5.74, 6) is 9.27. The molecule has 0 amide bonds. The molecule has 0 saturated carbocycles. The zero-order chi connectivity index (χ0) is 11.7. The van der Waals surface area contributed by atoms with E-state index >= 15 is 0 Å². The molecule has 0 aliphatic carbocycles. The maximum absolute atomic E-state index is 5.44. The van der Waals surface area contributed by atoms with Crippen molar-refractivity contribution in [2.45, 2.75) is 0 Å². The van der Waals surface area contributed by atoms with Crippen LogP contribution in [0, 0.1) is 0 Å². The summed E-state index contributed by atoms with van der Waals surface area (Å²) in [6, 6.07) is 0. The van der Waals surface area contributed by atoms with Gasteiger partial charge in [-0.3, -0.25) is 0 Å². The van der Waals surface area contributed by atoms with E-state index in [2.05, 4.69) is 20.3 Å². The monoisotopic (exact) mass is 250 g/mol. The number of nitrogens with two attached hydrogens (primary N) is 1. The third kappa shape index (κ3) is 1.91. The Morgan fingerprint density at radius 2 is 2.18 bits per heavy atom. The average molecular weight is 250 g/mol. The lowest BCUT2D eigenvalue weighted by atomic mass is 10.4. The summed E-state index contributed by atoms with van der Waals surface area (Å²) >= 11 is 1.97. The summed E-state index contributed by atoms with van der Waals surface area (Å²) in [6.07, 6.45) is 5.52. The van der Waals surface area contributed by atoms with Crippen LogP contribution in [0.2, 0.25) is 0 Å². The Morgan fingerprint density at radius 1 is 1.35 bits per heavy atom. The first kappa shape index (κ1) is 10.7. The van der Waals surface area contributed by atoms with Gasteiger partial charge in [-0.05, 0) is 0 Å². The first-order valence-electron chi connectivity index (χ1n) is 5.51. The van der Waals surface area contributed by atoms with Crippen LogP contribution in [0.1, 0.15) is 0 Å². The normalized spacial score (nSPS) is 16.4. The van der Waals surface area contributed by atoms with Crippen LogP contribution in [-0.2, 0) is 0 Å². The van der Waals surface area contributed by atoms with Crippen LogP contribution in [0.5, 0.6) is 0 Å². The fraction of sp³-hybridized carbons (Fsp3) is 0.400. The molecule has 3 heterocycles. The summed E-state index contributed by atoms with van der Waals surface area (Å²) < 4.78 is 1.94. The molecule has 0 atom stereocenters. The number of aromatic nitrogens is 3. The standard InChI is InChI=1S/C10H14N6S/c11-14-8-7-16-2-1-12-9(16)10(13-8)15-3-5-17-6-4-15/h1-2,7,14H,3-6,11H2. The van der Waals surface area contributed by atoms with Crippen LogP contribution in [0.3, 0.4) is 0 Å². The molecule has 0 aromatic carbocycles. The largest absolute Gasteiger partial charge is 0.352 e. The second-order valence-corrected chi connectivity index (χ2v) is 5.08. The zero-order valence-corrected chi connectivity index (χ0v) is 10.2. The number of anilines is 2. The molecule has 17 heavy (non-hydrogen) atoms. The van der Waals surface area contributed by atoms with Crippen LogP contribution in [-0.4, -0.2) is 39.0 Å². The number of fused-ring (bicyclic) bond motifs is 1. The van der Waals surface area contributed by atoms with E-state index in [9.17, 15) is 0 Å². The van der Waals surface area contributed by atoms with Crippen molar-refractivity contribution in [1.82, 2.24) is 14.4 Å². The number of hydrogen-bond donors (Lipinski definition) is 2. The highest BCUT2D eigenvalue weighted by Crippen LogP contribution is 2.23. The van der Waals surface area contributed by atoms with Gasteiger partial charge in [-0.25, -0.2) is 15.8 Å². The maximum atomic E-state index is 5.44. The number of hydrazine groups is 1. The fourth-order valence-corrected chi connectivity index (χ4v) is 2.88. The van der Waals surface area contributed by atoms with Crippen molar-refractivity contribution >= 4 is 29.0 Å². The van der Waals surface area contributed by atoms with Gasteiger partial charge in [0.25, 0.3) is 0 Å². The van der Waals surface area contributed by atoms with Crippen molar-refractivity contribution in [1.29, 1.82) is 0 Å². The van der Waals surface area contributed by atoms with Crippen molar-refractivity contribution in [3.63, 3.8) is 0 Å². The minimum atomic E-state index is 0.656. The van der Waals surface area contributed by atoms with E-state index in [0.29, 0.717) is 5.82 Å². The lowest BCUT2D eigenvalue weighted by Crippen LogP contribution is -2.33. The first-order valence-corrected chi connectivity index (χ1v) is 6.67. The number of hydrogen-bond acceptors (Lipinski definition) is 6. The molecule has 7 heteroatoms. The Balaban J connectivity index is 2.08. The smallest absolute Gasteiger partial charge is 0.180 e. The third-order valence-corrected chi connectivity index (χ3v) is 3.76. The van der Waals surface area contributed by atoms with Crippen molar-refractivity contribution in [3.8, 4) is 0 Å². The van der Waals surface area contributed by atoms with Gasteiger partial charge in [0.1, 0.15) is 0 Å². The Hall–Kier alpha value is -1.47. The zero-order valence-electron chi connectivity index (χ0n) is 9.33. The molecule has 2 aromatic rings. The van der Waals surface area contributed by atoms with Gasteiger partial charge in [0.15, 0.2) is 17.3 Å². The molecule has 1 aliphatic rings. The molecule has 1 aliphatic heterocycles. The molecule has 1 saturated heterocycles. The quantitative estimate of drug-likeness (QED) is 0.600. The van der Waals surface area contributed by atoms with E-state index < -0.39 is 0 Å². The van der Waals surface area contributed by atoms with Gasteiger partial charge in [0.05, 0.1) is 6.20 Å². The SMILES string of the molecule is NNc1cn2ccnc2c(N2CCSCC2)n1.